The Morgan fingerprint density at radius 3 is 2.65 bits per heavy atom. The third-order valence-electron chi connectivity index (χ3n) is 4.80. The number of carbonyl (C=O) groups is 1. The molecule has 2 heterocycles. The maximum absolute atomic E-state index is 12.6. The number of ether oxygens (including phenoxy) is 2. The summed E-state index contributed by atoms with van der Waals surface area (Å²) in [5.74, 6) is 1.34. The smallest absolute Gasteiger partial charge is 0.238 e. The summed E-state index contributed by atoms with van der Waals surface area (Å²) >= 11 is 3.50. The first-order valence-electron chi connectivity index (χ1n) is 8.89. The second kappa shape index (κ2) is 7.68. The largest absolute Gasteiger partial charge is 0.486 e. The first-order chi connectivity index (χ1) is 12.7. The number of nitrogens with zero attached hydrogens (tertiary/aromatic N) is 1. The molecule has 2 aliphatic heterocycles. The van der Waals surface area contributed by atoms with Gasteiger partial charge in [-0.1, -0.05) is 30.3 Å². The highest BCUT2D eigenvalue weighted by Crippen LogP contribution is 2.38. The van der Waals surface area contributed by atoms with Crippen molar-refractivity contribution in [1.29, 1.82) is 0 Å². The molecule has 1 atom stereocenters. The van der Waals surface area contributed by atoms with Crippen LogP contribution in [0.4, 0.5) is 5.69 Å². The van der Waals surface area contributed by atoms with E-state index in [-0.39, 0.29) is 5.91 Å². The van der Waals surface area contributed by atoms with Gasteiger partial charge in [-0.3, -0.25) is 9.69 Å². The highest BCUT2D eigenvalue weighted by molar-refractivity contribution is 9.10. The Bertz CT molecular complexity index is 797. The van der Waals surface area contributed by atoms with Gasteiger partial charge < -0.3 is 14.8 Å². The average Bonchev–Trinajstić information content (AvgIpc) is 3.11. The zero-order valence-corrected chi connectivity index (χ0v) is 16.0. The molecule has 4 rings (SSSR count). The van der Waals surface area contributed by atoms with E-state index in [1.54, 1.807) is 0 Å². The predicted molar refractivity (Wildman–Crippen MR) is 104 cm³/mol. The Kier molecular flexibility index (Phi) is 5.13. The van der Waals surface area contributed by atoms with Crippen LogP contribution in [-0.2, 0) is 4.79 Å². The summed E-state index contributed by atoms with van der Waals surface area (Å²) < 4.78 is 11.9. The molecule has 0 aromatic heterocycles. The molecular weight excluding hydrogens is 396 g/mol. The van der Waals surface area contributed by atoms with Crippen LogP contribution in [0.2, 0.25) is 0 Å². The molecule has 0 radical (unpaired) electrons. The van der Waals surface area contributed by atoms with E-state index in [4.69, 9.17) is 9.47 Å². The zero-order chi connectivity index (χ0) is 17.9. The molecule has 1 amide bonds. The van der Waals surface area contributed by atoms with E-state index < -0.39 is 0 Å². The van der Waals surface area contributed by atoms with E-state index in [0.717, 1.165) is 23.9 Å². The van der Waals surface area contributed by atoms with E-state index in [1.807, 2.05) is 18.2 Å². The molecule has 1 unspecified atom stereocenters. The highest BCUT2D eigenvalue weighted by Gasteiger charge is 2.27. The number of hydrogen-bond acceptors (Lipinski definition) is 4. The molecule has 6 heteroatoms. The molecule has 136 valence electrons. The van der Waals surface area contributed by atoms with Crippen LogP contribution in [0, 0.1) is 0 Å². The number of halogens is 1. The SMILES string of the molecule is O=C(CN1CCCC1c1ccccc1)Nc1cc2c(cc1Br)OCCO2. The Labute approximate surface area is 161 Å². The number of likely N-dealkylation sites (tertiary alicyclic amines) is 1. The maximum Gasteiger partial charge on any atom is 0.238 e. The van der Waals surface area contributed by atoms with Gasteiger partial charge >= 0.3 is 0 Å². The van der Waals surface area contributed by atoms with Gasteiger partial charge in [0.05, 0.1) is 12.2 Å². The molecule has 26 heavy (non-hydrogen) atoms. The van der Waals surface area contributed by atoms with Crippen molar-refractivity contribution in [1.82, 2.24) is 4.90 Å². The van der Waals surface area contributed by atoms with E-state index in [9.17, 15) is 4.79 Å². The minimum Gasteiger partial charge on any atom is -0.486 e. The molecule has 2 aromatic carbocycles. The lowest BCUT2D eigenvalue weighted by molar-refractivity contribution is -0.117. The summed E-state index contributed by atoms with van der Waals surface area (Å²) in [5, 5.41) is 3.00. The molecule has 0 spiro atoms. The minimum absolute atomic E-state index is 0.0230. The normalized spacial score (nSPS) is 19.3. The first-order valence-corrected chi connectivity index (χ1v) is 9.68. The molecular formula is C20H21BrN2O3. The van der Waals surface area contributed by atoms with Crippen LogP contribution in [-0.4, -0.2) is 37.1 Å². The van der Waals surface area contributed by atoms with E-state index in [1.165, 1.54) is 5.56 Å². The number of nitrogens with one attached hydrogen (secondary N) is 1. The van der Waals surface area contributed by atoms with Crippen LogP contribution >= 0.6 is 15.9 Å². The van der Waals surface area contributed by atoms with Gasteiger partial charge in [-0.05, 0) is 40.9 Å². The number of hydrogen-bond donors (Lipinski definition) is 1. The molecule has 2 aromatic rings. The summed E-state index contributed by atoms with van der Waals surface area (Å²) in [6.07, 6.45) is 2.20. The molecule has 5 nitrogen and oxygen atoms in total. The number of fused-ring (bicyclic) bond motifs is 1. The Morgan fingerprint density at radius 2 is 1.88 bits per heavy atom. The molecule has 1 fully saturated rings. The van der Waals surface area contributed by atoms with Crippen LogP contribution in [0.3, 0.4) is 0 Å². The number of rotatable bonds is 4. The van der Waals surface area contributed by atoms with Gasteiger partial charge in [0.1, 0.15) is 13.2 Å². The van der Waals surface area contributed by atoms with Gasteiger partial charge in [0.2, 0.25) is 5.91 Å². The molecule has 1 saturated heterocycles. The molecule has 0 bridgehead atoms. The topological polar surface area (TPSA) is 50.8 Å². The quantitative estimate of drug-likeness (QED) is 0.818. The Hall–Kier alpha value is -2.05. The predicted octanol–water partition coefficient (Wildman–Crippen LogP) is 4.00. The summed E-state index contributed by atoms with van der Waals surface area (Å²) in [6, 6.07) is 14.4. The van der Waals surface area contributed by atoms with Crippen LogP contribution in [0.15, 0.2) is 46.9 Å². The van der Waals surface area contributed by atoms with Crippen molar-refractivity contribution in [2.75, 3.05) is 31.6 Å². The monoisotopic (exact) mass is 416 g/mol. The second-order valence-electron chi connectivity index (χ2n) is 6.56. The van der Waals surface area contributed by atoms with E-state index in [2.05, 4.69) is 50.4 Å². The minimum atomic E-state index is -0.0230. The van der Waals surface area contributed by atoms with Gasteiger partial charge in [-0.15, -0.1) is 0 Å². The van der Waals surface area contributed by atoms with Crippen LogP contribution in [0.1, 0.15) is 24.4 Å². The summed E-state index contributed by atoms with van der Waals surface area (Å²) in [4.78, 5) is 14.9. The fourth-order valence-electron chi connectivity index (χ4n) is 3.60. The highest BCUT2D eigenvalue weighted by atomic mass is 79.9. The molecule has 0 saturated carbocycles. The van der Waals surface area contributed by atoms with Gasteiger partial charge in [0.25, 0.3) is 0 Å². The van der Waals surface area contributed by atoms with Crippen molar-refractivity contribution < 1.29 is 14.3 Å². The van der Waals surface area contributed by atoms with Gasteiger partial charge in [-0.25, -0.2) is 0 Å². The number of benzene rings is 2. The lowest BCUT2D eigenvalue weighted by Gasteiger charge is -2.24. The van der Waals surface area contributed by atoms with Crippen molar-refractivity contribution in [3.63, 3.8) is 0 Å². The summed E-state index contributed by atoms with van der Waals surface area (Å²) in [6.45, 7) is 2.38. The van der Waals surface area contributed by atoms with Crippen molar-refractivity contribution in [2.24, 2.45) is 0 Å². The van der Waals surface area contributed by atoms with Crippen LogP contribution in [0.25, 0.3) is 0 Å². The maximum atomic E-state index is 12.6. The lowest BCUT2D eigenvalue weighted by atomic mass is 10.0. The van der Waals surface area contributed by atoms with Gasteiger partial charge in [0.15, 0.2) is 11.5 Å². The molecule has 2 aliphatic rings. The Balaban J connectivity index is 1.44. The van der Waals surface area contributed by atoms with Crippen molar-refractivity contribution in [3.05, 3.63) is 52.5 Å². The average molecular weight is 417 g/mol. The van der Waals surface area contributed by atoms with Crippen molar-refractivity contribution in [2.45, 2.75) is 18.9 Å². The van der Waals surface area contributed by atoms with Crippen LogP contribution in [0.5, 0.6) is 11.5 Å². The van der Waals surface area contributed by atoms with Crippen LogP contribution < -0.4 is 14.8 Å². The Morgan fingerprint density at radius 1 is 1.15 bits per heavy atom. The van der Waals surface area contributed by atoms with E-state index in [0.29, 0.717) is 43.0 Å². The number of carbonyl (C=O) groups excluding carboxylic acids is 1. The van der Waals surface area contributed by atoms with Crippen molar-refractivity contribution >= 4 is 27.5 Å². The fourth-order valence-corrected chi connectivity index (χ4v) is 4.02. The standard InChI is InChI=1S/C20H21BrN2O3/c21-15-11-18-19(26-10-9-25-18)12-16(15)22-20(24)13-23-8-4-7-17(23)14-5-2-1-3-6-14/h1-3,5-6,11-12,17H,4,7-10,13H2,(H,22,24). The van der Waals surface area contributed by atoms with Gasteiger partial charge in [0, 0.05) is 22.6 Å². The first kappa shape index (κ1) is 17.4. The lowest BCUT2D eigenvalue weighted by Crippen LogP contribution is -2.33. The van der Waals surface area contributed by atoms with E-state index >= 15 is 0 Å². The molecule has 0 aliphatic carbocycles. The number of anilines is 1. The van der Waals surface area contributed by atoms with Gasteiger partial charge in [-0.2, -0.15) is 0 Å². The summed E-state index contributed by atoms with van der Waals surface area (Å²) in [5.41, 5.74) is 1.98. The number of amides is 1. The zero-order valence-electron chi connectivity index (χ0n) is 14.4. The molecule has 1 N–H and O–H groups in total. The summed E-state index contributed by atoms with van der Waals surface area (Å²) in [7, 11) is 0. The third-order valence-corrected chi connectivity index (χ3v) is 5.46. The fraction of sp³-hybridized carbons (Fsp3) is 0.350. The third kappa shape index (κ3) is 3.71. The second-order valence-corrected chi connectivity index (χ2v) is 7.42. The van der Waals surface area contributed by atoms with Crippen molar-refractivity contribution in [3.8, 4) is 11.5 Å².